The molecule has 0 radical (unpaired) electrons. The van der Waals surface area contributed by atoms with Gasteiger partial charge in [-0.3, -0.25) is 14.4 Å². The molecule has 0 unspecified atom stereocenters. The smallest absolute Gasteiger partial charge is 0.227 e. The number of carbonyl (C=O) groups is 1. The molecule has 3 atom stereocenters. The van der Waals surface area contributed by atoms with Gasteiger partial charge in [0.25, 0.3) is 0 Å². The van der Waals surface area contributed by atoms with Crippen LogP contribution in [-0.2, 0) is 27.9 Å². The highest BCUT2D eigenvalue weighted by Crippen LogP contribution is 2.35. The molecule has 0 spiro atoms. The van der Waals surface area contributed by atoms with E-state index in [0.29, 0.717) is 19.1 Å². The second-order valence-electron chi connectivity index (χ2n) is 7.12. The Balaban J connectivity index is 1.47. The van der Waals surface area contributed by atoms with E-state index in [1.807, 2.05) is 29.0 Å². The fourth-order valence-corrected chi connectivity index (χ4v) is 4.28. The Bertz CT molecular complexity index is 584. The number of likely N-dealkylation sites (tertiary alicyclic amines) is 1. The van der Waals surface area contributed by atoms with Crippen molar-refractivity contribution in [1.29, 1.82) is 0 Å². The van der Waals surface area contributed by atoms with Crippen LogP contribution >= 0.6 is 0 Å². The number of hydrogen-bond acceptors (Lipinski definition) is 5. The van der Waals surface area contributed by atoms with Gasteiger partial charge in [0.15, 0.2) is 0 Å². The van der Waals surface area contributed by atoms with E-state index in [0.717, 1.165) is 45.8 Å². The maximum Gasteiger partial charge on any atom is 0.227 e. The molecule has 3 aliphatic heterocycles. The van der Waals surface area contributed by atoms with Crippen LogP contribution in [0.25, 0.3) is 0 Å². The first-order valence-corrected chi connectivity index (χ1v) is 8.89. The second kappa shape index (κ2) is 6.82. The van der Waals surface area contributed by atoms with Gasteiger partial charge in [-0.25, -0.2) is 0 Å². The summed E-state index contributed by atoms with van der Waals surface area (Å²) >= 11 is 0. The molecular weight excluding hydrogens is 308 g/mol. The van der Waals surface area contributed by atoms with E-state index < -0.39 is 0 Å². The lowest BCUT2D eigenvalue weighted by molar-refractivity contribution is -0.146. The zero-order valence-corrected chi connectivity index (χ0v) is 14.3. The Morgan fingerprint density at radius 2 is 2.12 bits per heavy atom. The van der Waals surface area contributed by atoms with Crippen molar-refractivity contribution in [3.8, 4) is 0 Å². The maximum atomic E-state index is 13.1. The molecule has 0 aliphatic carbocycles. The third-order valence-electron chi connectivity index (χ3n) is 5.48. The summed E-state index contributed by atoms with van der Waals surface area (Å²) in [6, 6.07) is 0. The predicted molar refractivity (Wildman–Crippen MR) is 87.2 cm³/mol. The summed E-state index contributed by atoms with van der Waals surface area (Å²) in [5.74, 6) is 0.696. The molecule has 1 aromatic heterocycles. The van der Waals surface area contributed by atoms with Gasteiger partial charge in [0.05, 0.1) is 31.4 Å². The van der Waals surface area contributed by atoms with Crippen LogP contribution in [0, 0.1) is 11.8 Å². The van der Waals surface area contributed by atoms with Crippen molar-refractivity contribution in [2.75, 3.05) is 46.0 Å². The average Bonchev–Trinajstić information content (AvgIpc) is 3.23. The largest absolute Gasteiger partial charge is 0.378 e. The Labute approximate surface area is 142 Å². The number of fused-ring (bicyclic) bond motifs is 1. The van der Waals surface area contributed by atoms with Crippen molar-refractivity contribution in [2.24, 2.45) is 18.9 Å². The van der Waals surface area contributed by atoms with Gasteiger partial charge in [0.2, 0.25) is 5.91 Å². The number of aryl methyl sites for hydroxylation is 1. The second-order valence-corrected chi connectivity index (χ2v) is 7.12. The van der Waals surface area contributed by atoms with E-state index in [-0.39, 0.29) is 17.9 Å². The maximum absolute atomic E-state index is 13.1. The number of aromatic nitrogens is 2. The fraction of sp³-hybridized carbons (Fsp3) is 0.765. The van der Waals surface area contributed by atoms with Crippen LogP contribution in [-0.4, -0.2) is 77.6 Å². The quantitative estimate of drug-likeness (QED) is 0.786. The highest BCUT2D eigenvalue weighted by Gasteiger charge is 2.45. The van der Waals surface area contributed by atoms with Gasteiger partial charge in [-0.15, -0.1) is 0 Å². The van der Waals surface area contributed by atoms with Gasteiger partial charge in [-0.05, 0) is 6.42 Å². The predicted octanol–water partition coefficient (Wildman–Crippen LogP) is 0.116. The Morgan fingerprint density at radius 1 is 1.29 bits per heavy atom. The van der Waals surface area contributed by atoms with Crippen LogP contribution in [0.2, 0.25) is 0 Å². The Hall–Kier alpha value is -1.44. The molecule has 0 aromatic carbocycles. The highest BCUT2D eigenvalue weighted by atomic mass is 16.5. The molecule has 0 saturated carbocycles. The van der Waals surface area contributed by atoms with E-state index in [1.165, 1.54) is 5.56 Å². The number of ether oxygens (including phenoxy) is 2. The summed E-state index contributed by atoms with van der Waals surface area (Å²) in [5, 5.41) is 4.25. The SMILES string of the molecule is Cn1cc(CN2C[C@@H]3OCC[C@@H]3[C@H](C(=O)N3CCOCC3)C2)cn1. The van der Waals surface area contributed by atoms with Crippen LogP contribution in [0.3, 0.4) is 0 Å². The minimum Gasteiger partial charge on any atom is -0.378 e. The molecule has 4 rings (SSSR count). The van der Waals surface area contributed by atoms with Crippen LogP contribution in [0.15, 0.2) is 12.4 Å². The van der Waals surface area contributed by atoms with Gasteiger partial charge in [0.1, 0.15) is 0 Å². The molecule has 0 N–H and O–H groups in total. The first-order chi connectivity index (χ1) is 11.7. The van der Waals surface area contributed by atoms with E-state index in [1.54, 1.807) is 0 Å². The number of amides is 1. The molecule has 3 aliphatic rings. The van der Waals surface area contributed by atoms with Crippen LogP contribution < -0.4 is 0 Å². The molecule has 132 valence electrons. The van der Waals surface area contributed by atoms with E-state index in [9.17, 15) is 4.79 Å². The molecule has 4 heterocycles. The average molecular weight is 334 g/mol. The number of piperidine rings is 1. The van der Waals surface area contributed by atoms with E-state index in [4.69, 9.17) is 9.47 Å². The lowest BCUT2D eigenvalue weighted by Gasteiger charge is -2.41. The monoisotopic (exact) mass is 334 g/mol. The van der Waals surface area contributed by atoms with Crippen molar-refractivity contribution in [2.45, 2.75) is 19.1 Å². The summed E-state index contributed by atoms with van der Waals surface area (Å²) in [4.78, 5) is 17.4. The third-order valence-corrected chi connectivity index (χ3v) is 5.48. The fourth-order valence-electron chi connectivity index (χ4n) is 4.28. The summed E-state index contributed by atoms with van der Waals surface area (Å²) in [6.07, 6.45) is 5.14. The van der Waals surface area contributed by atoms with Gasteiger partial charge in [-0.2, -0.15) is 5.10 Å². The van der Waals surface area contributed by atoms with E-state index >= 15 is 0 Å². The zero-order valence-electron chi connectivity index (χ0n) is 14.3. The summed E-state index contributed by atoms with van der Waals surface area (Å²) in [7, 11) is 1.93. The van der Waals surface area contributed by atoms with Gasteiger partial charge in [-0.1, -0.05) is 0 Å². The van der Waals surface area contributed by atoms with Gasteiger partial charge in [0, 0.05) is 64.1 Å². The number of carbonyl (C=O) groups excluding carboxylic acids is 1. The van der Waals surface area contributed by atoms with Gasteiger partial charge < -0.3 is 14.4 Å². The van der Waals surface area contributed by atoms with Crippen molar-refractivity contribution >= 4 is 5.91 Å². The zero-order chi connectivity index (χ0) is 16.5. The molecule has 3 saturated heterocycles. The molecule has 24 heavy (non-hydrogen) atoms. The molecule has 1 aromatic rings. The lowest BCUT2D eigenvalue weighted by atomic mass is 9.81. The molecule has 1 amide bonds. The van der Waals surface area contributed by atoms with Crippen molar-refractivity contribution in [3.05, 3.63) is 18.0 Å². The van der Waals surface area contributed by atoms with Crippen LogP contribution in [0.4, 0.5) is 0 Å². The van der Waals surface area contributed by atoms with Crippen LogP contribution in [0.1, 0.15) is 12.0 Å². The Kier molecular flexibility index (Phi) is 4.56. The standard InChI is InChI=1S/C17H26N4O3/c1-19-9-13(8-18-19)10-20-11-15(14-2-5-24-16(14)12-20)17(22)21-3-6-23-7-4-21/h8-9,14-16H,2-7,10-12H2,1H3/t14-,15-,16+/m1/s1. The number of hydrogen-bond donors (Lipinski definition) is 0. The highest BCUT2D eigenvalue weighted by molar-refractivity contribution is 5.79. The number of nitrogens with zero attached hydrogens (tertiary/aromatic N) is 4. The summed E-state index contributed by atoms with van der Waals surface area (Å²) < 4.78 is 13.2. The number of rotatable bonds is 3. The van der Waals surface area contributed by atoms with Crippen LogP contribution in [0.5, 0.6) is 0 Å². The summed E-state index contributed by atoms with van der Waals surface area (Å²) in [5.41, 5.74) is 1.19. The molecular formula is C17H26N4O3. The van der Waals surface area contributed by atoms with Crippen molar-refractivity contribution < 1.29 is 14.3 Å². The van der Waals surface area contributed by atoms with Crippen molar-refractivity contribution in [3.63, 3.8) is 0 Å². The Morgan fingerprint density at radius 3 is 2.88 bits per heavy atom. The molecule has 3 fully saturated rings. The molecule has 7 heteroatoms. The first-order valence-electron chi connectivity index (χ1n) is 8.89. The molecule has 7 nitrogen and oxygen atoms in total. The minimum absolute atomic E-state index is 0.0426. The molecule has 0 bridgehead atoms. The third kappa shape index (κ3) is 3.20. The normalized spacial score (nSPS) is 31.2. The lowest BCUT2D eigenvalue weighted by Crippen LogP contribution is -2.54. The van der Waals surface area contributed by atoms with Gasteiger partial charge >= 0.3 is 0 Å². The van der Waals surface area contributed by atoms with E-state index in [2.05, 4.69) is 10.00 Å². The minimum atomic E-state index is 0.0426. The number of morpholine rings is 1. The van der Waals surface area contributed by atoms with Crippen molar-refractivity contribution in [1.82, 2.24) is 19.6 Å². The summed E-state index contributed by atoms with van der Waals surface area (Å²) in [6.45, 7) is 6.08. The first kappa shape index (κ1) is 16.1. The topological polar surface area (TPSA) is 59.8 Å².